The Bertz CT molecular complexity index is 1320. The van der Waals surface area contributed by atoms with Gasteiger partial charge in [0.25, 0.3) is 0 Å². The topological polar surface area (TPSA) is 68.0 Å². The molecule has 0 spiro atoms. The van der Waals surface area contributed by atoms with Crippen LogP contribution >= 0.6 is 34.8 Å². The second-order valence-electron chi connectivity index (χ2n) is 9.93. The summed E-state index contributed by atoms with van der Waals surface area (Å²) in [7, 11) is 1.63. The first-order valence-corrected chi connectivity index (χ1v) is 13.8. The number of nitrogens with two attached hydrogens (primary N) is 1. The number of benzene rings is 3. The van der Waals surface area contributed by atoms with E-state index < -0.39 is 5.54 Å². The average Bonchev–Trinajstić information content (AvgIpc) is 2.91. The first-order valence-electron chi connectivity index (χ1n) is 12.6. The summed E-state index contributed by atoms with van der Waals surface area (Å²) < 4.78 is 11.6. The van der Waals surface area contributed by atoms with Crippen LogP contribution in [-0.4, -0.2) is 38.3 Å². The van der Waals surface area contributed by atoms with Gasteiger partial charge in [-0.25, -0.2) is 0 Å². The monoisotopic (exact) mass is 573 g/mol. The van der Waals surface area contributed by atoms with E-state index in [9.17, 15) is 4.79 Å². The van der Waals surface area contributed by atoms with E-state index in [-0.39, 0.29) is 5.91 Å². The summed E-state index contributed by atoms with van der Waals surface area (Å²) in [6.07, 6.45) is 2.47. The molecule has 38 heavy (non-hydrogen) atoms. The third-order valence-electron chi connectivity index (χ3n) is 7.37. The van der Waals surface area contributed by atoms with Crippen LogP contribution in [0.5, 0.6) is 11.5 Å². The smallest absolute Gasteiger partial charge is 0.227 e. The van der Waals surface area contributed by atoms with E-state index in [1.54, 1.807) is 24.1 Å². The number of piperidine rings is 1. The molecule has 0 atom stereocenters. The number of fused-ring (bicyclic) bond motifs is 1. The highest BCUT2D eigenvalue weighted by molar-refractivity contribution is 6.36. The maximum Gasteiger partial charge on any atom is 0.227 e. The lowest BCUT2D eigenvalue weighted by molar-refractivity contribution is -0.119. The maximum atomic E-state index is 13.0. The highest BCUT2D eigenvalue weighted by Crippen LogP contribution is 2.42. The number of rotatable bonds is 7. The molecule has 0 radical (unpaired) electrons. The van der Waals surface area contributed by atoms with Crippen molar-refractivity contribution in [3.8, 4) is 11.5 Å². The number of methoxy groups -OCH3 is 1. The van der Waals surface area contributed by atoms with Crippen LogP contribution in [0.3, 0.4) is 0 Å². The van der Waals surface area contributed by atoms with Crippen LogP contribution in [0.15, 0.2) is 54.6 Å². The lowest BCUT2D eigenvalue weighted by Crippen LogP contribution is -2.54. The molecule has 1 saturated heterocycles. The molecular formula is C29H30Cl3N3O3. The van der Waals surface area contributed by atoms with Crippen LogP contribution in [0, 0.1) is 0 Å². The Hall–Kier alpha value is -2.64. The molecule has 200 valence electrons. The van der Waals surface area contributed by atoms with Gasteiger partial charge in [-0.2, -0.15) is 0 Å². The molecule has 0 aliphatic carbocycles. The molecule has 1 fully saturated rings. The normalized spacial score (nSPS) is 16.8. The van der Waals surface area contributed by atoms with Crippen molar-refractivity contribution in [1.29, 1.82) is 0 Å². The summed E-state index contributed by atoms with van der Waals surface area (Å²) in [5.74, 6) is 1.53. The van der Waals surface area contributed by atoms with Crippen LogP contribution in [0.25, 0.3) is 0 Å². The summed E-state index contributed by atoms with van der Waals surface area (Å²) in [6.45, 7) is 2.33. The molecule has 9 heteroatoms. The van der Waals surface area contributed by atoms with Gasteiger partial charge in [-0.05, 0) is 67.3 Å². The standard InChI is InChI=1S/C29H30Cl3N3O3/c1-37-21-5-2-19(3-6-21)17-35-27(36)11-7-22-26(10-8-23(31)28(22)35)38-18-29(33)12-14-34(15-13-29)25-9-4-20(30)16-24(25)32/h2-6,8-10,16H,7,11-15,17-18,33H2,1H3. The van der Waals surface area contributed by atoms with Crippen molar-refractivity contribution in [3.05, 3.63) is 80.8 Å². The van der Waals surface area contributed by atoms with Crippen LogP contribution in [0.2, 0.25) is 15.1 Å². The number of hydrogen-bond donors (Lipinski definition) is 1. The van der Waals surface area contributed by atoms with E-state index in [2.05, 4.69) is 4.90 Å². The maximum absolute atomic E-state index is 13.0. The van der Waals surface area contributed by atoms with Gasteiger partial charge in [0, 0.05) is 30.1 Å². The second-order valence-corrected chi connectivity index (χ2v) is 11.2. The lowest BCUT2D eigenvalue weighted by atomic mass is 9.89. The number of hydrogen-bond acceptors (Lipinski definition) is 5. The Kier molecular flexibility index (Phi) is 7.96. The van der Waals surface area contributed by atoms with E-state index in [1.807, 2.05) is 42.5 Å². The fourth-order valence-electron chi connectivity index (χ4n) is 5.13. The summed E-state index contributed by atoms with van der Waals surface area (Å²) >= 11 is 19.1. The predicted octanol–water partition coefficient (Wildman–Crippen LogP) is 6.51. The fourth-order valence-corrected chi connectivity index (χ4v) is 5.93. The van der Waals surface area contributed by atoms with Gasteiger partial charge in [-0.1, -0.05) is 46.9 Å². The van der Waals surface area contributed by atoms with Gasteiger partial charge >= 0.3 is 0 Å². The van der Waals surface area contributed by atoms with Gasteiger partial charge < -0.3 is 25.0 Å². The van der Waals surface area contributed by atoms with Gasteiger partial charge in [-0.3, -0.25) is 4.79 Å². The van der Waals surface area contributed by atoms with Crippen molar-refractivity contribution in [2.45, 2.75) is 37.8 Å². The molecule has 0 bridgehead atoms. The predicted molar refractivity (Wildman–Crippen MR) is 154 cm³/mol. The SMILES string of the molecule is COc1ccc(CN2C(=O)CCc3c(OCC4(N)CCN(c5ccc(Cl)cc5Cl)CC4)ccc(Cl)c32)cc1. The number of ether oxygens (including phenoxy) is 2. The second kappa shape index (κ2) is 11.2. The molecule has 5 rings (SSSR count). The molecule has 6 nitrogen and oxygen atoms in total. The van der Waals surface area contributed by atoms with Crippen LogP contribution in [-0.2, 0) is 17.8 Å². The van der Waals surface area contributed by atoms with Crippen molar-refractivity contribution in [2.24, 2.45) is 5.73 Å². The van der Waals surface area contributed by atoms with Gasteiger partial charge in [0.15, 0.2) is 0 Å². The zero-order valence-corrected chi connectivity index (χ0v) is 23.5. The van der Waals surface area contributed by atoms with E-state index in [0.29, 0.717) is 41.1 Å². The molecule has 0 unspecified atom stereocenters. The average molecular weight is 575 g/mol. The van der Waals surface area contributed by atoms with Gasteiger partial charge in [0.05, 0.1) is 40.6 Å². The molecule has 2 aliphatic rings. The summed E-state index contributed by atoms with van der Waals surface area (Å²) in [5.41, 5.74) is 9.92. The van der Waals surface area contributed by atoms with Gasteiger partial charge in [0.2, 0.25) is 5.91 Å². The van der Waals surface area contributed by atoms with Gasteiger partial charge in [0.1, 0.15) is 18.1 Å². The van der Waals surface area contributed by atoms with Crippen molar-refractivity contribution < 1.29 is 14.3 Å². The lowest BCUT2D eigenvalue weighted by Gasteiger charge is -2.40. The largest absolute Gasteiger partial charge is 0.497 e. The molecule has 2 heterocycles. The Labute approximate surface area is 238 Å². The molecule has 2 N–H and O–H groups in total. The third-order valence-corrected chi connectivity index (χ3v) is 8.22. The number of amides is 1. The molecule has 0 saturated carbocycles. The molecule has 0 aromatic heterocycles. The van der Waals surface area contributed by atoms with Crippen LogP contribution in [0.4, 0.5) is 11.4 Å². The Morgan fingerprint density at radius 2 is 1.68 bits per heavy atom. The minimum atomic E-state index is -0.477. The number of nitrogens with zero attached hydrogens (tertiary/aromatic N) is 2. The fraction of sp³-hybridized carbons (Fsp3) is 0.345. The van der Waals surface area contributed by atoms with E-state index >= 15 is 0 Å². The minimum Gasteiger partial charge on any atom is -0.497 e. The van der Waals surface area contributed by atoms with Crippen molar-refractivity contribution in [1.82, 2.24) is 0 Å². The Morgan fingerprint density at radius 1 is 0.947 bits per heavy atom. The highest BCUT2D eigenvalue weighted by atomic mass is 35.5. The van der Waals surface area contributed by atoms with Crippen LogP contribution < -0.4 is 25.0 Å². The Morgan fingerprint density at radius 3 is 2.37 bits per heavy atom. The summed E-state index contributed by atoms with van der Waals surface area (Å²) in [6, 6.07) is 16.9. The molecular weight excluding hydrogens is 545 g/mol. The van der Waals surface area contributed by atoms with E-state index in [0.717, 1.165) is 59.9 Å². The van der Waals surface area contributed by atoms with Gasteiger partial charge in [-0.15, -0.1) is 0 Å². The number of carbonyl (C=O) groups is 1. The summed E-state index contributed by atoms with van der Waals surface area (Å²) in [4.78, 5) is 16.9. The first kappa shape index (κ1) is 26.9. The van der Waals surface area contributed by atoms with Crippen LogP contribution in [0.1, 0.15) is 30.4 Å². The van der Waals surface area contributed by atoms with Crippen molar-refractivity contribution in [2.75, 3.05) is 36.6 Å². The zero-order valence-electron chi connectivity index (χ0n) is 21.2. The number of carbonyl (C=O) groups excluding carboxylic acids is 1. The van der Waals surface area contributed by atoms with E-state index in [1.165, 1.54) is 0 Å². The Balaban J connectivity index is 1.29. The van der Waals surface area contributed by atoms with E-state index in [4.69, 9.17) is 50.0 Å². The quantitative estimate of drug-likeness (QED) is 0.348. The molecule has 1 amide bonds. The minimum absolute atomic E-state index is 0.0379. The highest BCUT2D eigenvalue weighted by Gasteiger charge is 2.34. The van der Waals surface area contributed by atoms with Crippen molar-refractivity contribution in [3.63, 3.8) is 0 Å². The summed E-state index contributed by atoms with van der Waals surface area (Å²) in [5, 5.41) is 1.79. The molecule has 3 aromatic carbocycles. The zero-order chi connectivity index (χ0) is 26.9. The third kappa shape index (κ3) is 5.69. The number of anilines is 2. The molecule has 2 aliphatic heterocycles. The first-order chi connectivity index (χ1) is 18.3. The van der Waals surface area contributed by atoms with Crippen molar-refractivity contribution >= 4 is 52.1 Å². The molecule has 3 aromatic rings. The number of halogens is 3.